The van der Waals surface area contributed by atoms with Crippen LogP contribution in [0.4, 0.5) is 5.82 Å². The molecule has 0 saturated heterocycles. The molecule has 5 heteroatoms. The molecule has 3 fully saturated rings. The molecule has 0 spiro atoms. The van der Waals surface area contributed by atoms with Gasteiger partial charge in [0.25, 0.3) is 0 Å². The molecule has 1 unspecified atom stereocenters. The molecule has 1 aromatic heterocycles. The Morgan fingerprint density at radius 1 is 1.14 bits per heavy atom. The Hall–Kier alpha value is -0.800. The van der Waals surface area contributed by atoms with E-state index in [1.54, 1.807) is 6.20 Å². The Kier molecular flexibility index (Phi) is 3.20. The highest BCUT2D eigenvalue weighted by atomic mass is 35.5. The summed E-state index contributed by atoms with van der Waals surface area (Å²) in [6, 6.07) is 5.55. The smallest absolute Gasteiger partial charge is 0.229 e. The van der Waals surface area contributed by atoms with Crippen LogP contribution in [0, 0.1) is 29.6 Å². The second-order valence-corrected chi connectivity index (χ2v) is 8.04. The molecular weight excluding hydrogens is 307 g/mol. The second kappa shape index (κ2) is 4.85. The van der Waals surface area contributed by atoms with Crippen LogP contribution in [-0.2, 0) is 4.79 Å². The van der Waals surface area contributed by atoms with Crippen LogP contribution in [0.2, 0.25) is 0 Å². The van der Waals surface area contributed by atoms with Crippen molar-refractivity contribution in [2.24, 2.45) is 29.6 Å². The van der Waals surface area contributed by atoms with E-state index >= 15 is 0 Å². The minimum absolute atomic E-state index is 0.127. The molecule has 1 heterocycles. The van der Waals surface area contributed by atoms with Crippen molar-refractivity contribution in [3.05, 3.63) is 24.4 Å². The van der Waals surface area contributed by atoms with Gasteiger partial charge in [0.2, 0.25) is 5.91 Å². The minimum atomic E-state index is -0.484. The number of hydrogen-bond donors (Lipinski definition) is 1. The van der Waals surface area contributed by atoms with Crippen molar-refractivity contribution in [3.8, 4) is 0 Å². The van der Waals surface area contributed by atoms with Gasteiger partial charge in [-0.3, -0.25) is 4.79 Å². The summed E-state index contributed by atoms with van der Waals surface area (Å²) in [6.45, 7) is 0. The van der Waals surface area contributed by atoms with Gasteiger partial charge in [0.1, 0.15) is 10.2 Å². The van der Waals surface area contributed by atoms with E-state index in [0.717, 1.165) is 25.7 Å². The molecule has 0 bridgehead atoms. The normalized spacial score (nSPS) is 39.2. The first-order chi connectivity index (χ1) is 10.1. The number of aromatic nitrogens is 1. The lowest BCUT2D eigenvalue weighted by molar-refractivity contribution is -0.117. The molecule has 3 aliphatic carbocycles. The zero-order valence-corrected chi connectivity index (χ0v) is 13.1. The molecule has 1 N–H and O–H groups in total. The number of fused-ring (bicyclic) bond motifs is 2. The third kappa shape index (κ3) is 2.35. The Bertz CT molecular complexity index is 541. The molecule has 21 heavy (non-hydrogen) atoms. The van der Waals surface area contributed by atoms with Crippen molar-refractivity contribution in [3.63, 3.8) is 0 Å². The first kappa shape index (κ1) is 13.8. The lowest BCUT2D eigenvalue weighted by Gasteiger charge is -2.03. The second-order valence-electron chi connectivity index (χ2n) is 6.60. The highest BCUT2D eigenvalue weighted by Crippen LogP contribution is 2.67. The van der Waals surface area contributed by atoms with Gasteiger partial charge < -0.3 is 5.32 Å². The average Bonchev–Trinajstić information content (AvgIpc) is 3.24. The SMILES string of the molecule is O=C(Nc1ccccn1)C1[C@H]2CC[C@@H]3[C@@H](CC[C@@H]12)C3(Cl)Cl. The highest BCUT2D eigenvalue weighted by molar-refractivity contribution is 6.51. The van der Waals surface area contributed by atoms with Gasteiger partial charge in [0, 0.05) is 12.1 Å². The van der Waals surface area contributed by atoms with Gasteiger partial charge in [-0.25, -0.2) is 4.98 Å². The van der Waals surface area contributed by atoms with Crippen molar-refractivity contribution in [1.29, 1.82) is 0 Å². The molecule has 3 aliphatic rings. The van der Waals surface area contributed by atoms with Gasteiger partial charge in [-0.1, -0.05) is 6.07 Å². The maximum absolute atomic E-state index is 12.4. The van der Waals surface area contributed by atoms with Crippen molar-refractivity contribution >= 4 is 34.9 Å². The van der Waals surface area contributed by atoms with E-state index in [9.17, 15) is 4.79 Å². The van der Waals surface area contributed by atoms with E-state index in [2.05, 4.69) is 10.3 Å². The molecule has 5 atom stereocenters. The summed E-state index contributed by atoms with van der Waals surface area (Å²) in [7, 11) is 0. The maximum Gasteiger partial charge on any atom is 0.229 e. The van der Waals surface area contributed by atoms with E-state index in [1.807, 2.05) is 18.2 Å². The van der Waals surface area contributed by atoms with Crippen LogP contribution in [0.3, 0.4) is 0 Å². The zero-order valence-electron chi connectivity index (χ0n) is 11.6. The lowest BCUT2D eigenvalue weighted by atomic mass is 10.0. The van der Waals surface area contributed by atoms with Crippen LogP contribution >= 0.6 is 23.2 Å². The molecule has 4 rings (SSSR count). The van der Waals surface area contributed by atoms with Gasteiger partial charge in [0.15, 0.2) is 0 Å². The van der Waals surface area contributed by atoms with E-state index in [-0.39, 0.29) is 11.8 Å². The van der Waals surface area contributed by atoms with Crippen LogP contribution in [-0.4, -0.2) is 15.2 Å². The number of hydrogen-bond acceptors (Lipinski definition) is 2. The number of nitrogens with one attached hydrogen (secondary N) is 1. The van der Waals surface area contributed by atoms with Crippen LogP contribution in [0.15, 0.2) is 24.4 Å². The Morgan fingerprint density at radius 2 is 1.81 bits per heavy atom. The predicted octanol–water partition coefficient (Wildman–Crippen LogP) is 3.88. The third-order valence-electron chi connectivity index (χ3n) is 5.54. The molecule has 0 aromatic carbocycles. The number of rotatable bonds is 2. The van der Waals surface area contributed by atoms with E-state index in [1.165, 1.54) is 0 Å². The third-order valence-corrected chi connectivity index (χ3v) is 6.66. The topological polar surface area (TPSA) is 42.0 Å². The van der Waals surface area contributed by atoms with Crippen molar-refractivity contribution in [2.75, 3.05) is 5.32 Å². The molecule has 112 valence electrons. The summed E-state index contributed by atoms with van der Waals surface area (Å²) in [5.74, 6) is 2.85. The van der Waals surface area contributed by atoms with Crippen molar-refractivity contribution in [1.82, 2.24) is 4.98 Å². The van der Waals surface area contributed by atoms with Crippen LogP contribution in [0.1, 0.15) is 25.7 Å². The van der Waals surface area contributed by atoms with Crippen LogP contribution in [0.25, 0.3) is 0 Å². The standard InChI is InChI=1S/C16H18Cl2N2O/c17-16(18)11-6-4-9-10(5-7-12(11)16)14(9)15(21)20-13-3-1-2-8-19-13/h1-3,8-12,14H,4-7H2,(H,19,20,21)/t9-,10+,11-,12-,14?/m1/s1. The monoisotopic (exact) mass is 324 g/mol. The maximum atomic E-state index is 12.4. The number of carbonyl (C=O) groups excluding carboxylic acids is 1. The van der Waals surface area contributed by atoms with Gasteiger partial charge in [-0.2, -0.15) is 0 Å². The minimum Gasteiger partial charge on any atom is -0.310 e. The number of alkyl halides is 2. The molecular formula is C16H18Cl2N2O. The van der Waals surface area contributed by atoms with E-state index in [4.69, 9.17) is 23.2 Å². The lowest BCUT2D eigenvalue weighted by Crippen LogP contribution is -2.16. The van der Waals surface area contributed by atoms with Gasteiger partial charge in [-0.15, -0.1) is 23.2 Å². The van der Waals surface area contributed by atoms with E-state index < -0.39 is 4.33 Å². The fourth-order valence-corrected chi connectivity index (χ4v) is 5.18. The van der Waals surface area contributed by atoms with Gasteiger partial charge >= 0.3 is 0 Å². The summed E-state index contributed by atoms with van der Waals surface area (Å²) < 4.78 is -0.484. The van der Waals surface area contributed by atoms with Crippen molar-refractivity contribution < 1.29 is 4.79 Å². The van der Waals surface area contributed by atoms with Crippen LogP contribution in [0.5, 0.6) is 0 Å². The summed E-state index contributed by atoms with van der Waals surface area (Å²) in [6.07, 6.45) is 5.97. The fraction of sp³-hybridized carbons (Fsp3) is 0.625. The molecule has 1 amide bonds. The number of anilines is 1. The zero-order chi connectivity index (χ0) is 14.6. The Morgan fingerprint density at radius 3 is 2.38 bits per heavy atom. The quantitative estimate of drug-likeness (QED) is 0.839. The Labute approximate surface area is 134 Å². The molecule has 1 aromatic rings. The summed E-state index contributed by atoms with van der Waals surface area (Å²) >= 11 is 12.6. The van der Waals surface area contributed by atoms with Gasteiger partial charge in [0.05, 0.1) is 0 Å². The van der Waals surface area contributed by atoms with Crippen LogP contribution < -0.4 is 5.32 Å². The first-order valence-corrected chi connectivity index (χ1v) is 8.44. The first-order valence-electron chi connectivity index (χ1n) is 7.68. The highest BCUT2D eigenvalue weighted by Gasteiger charge is 2.65. The Balaban J connectivity index is 1.38. The summed E-state index contributed by atoms with van der Waals surface area (Å²) in [5.41, 5.74) is 0. The number of halogens is 2. The largest absolute Gasteiger partial charge is 0.310 e. The fourth-order valence-electron chi connectivity index (χ4n) is 4.26. The molecule has 3 nitrogen and oxygen atoms in total. The van der Waals surface area contributed by atoms with Gasteiger partial charge in [-0.05, 0) is 61.5 Å². The number of nitrogens with zero attached hydrogens (tertiary/aromatic N) is 1. The molecule has 3 saturated carbocycles. The average molecular weight is 325 g/mol. The number of carbonyl (C=O) groups is 1. The number of amides is 1. The predicted molar refractivity (Wildman–Crippen MR) is 83.2 cm³/mol. The summed E-state index contributed by atoms with van der Waals surface area (Å²) in [5, 5.41) is 2.94. The van der Waals surface area contributed by atoms with Crippen molar-refractivity contribution in [2.45, 2.75) is 30.0 Å². The molecule has 0 aliphatic heterocycles. The number of pyridine rings is 1. The summed E-state index contributed by atoms with van der Waals surface area (Å²) in [4.78, 5) is 16.5. The van der Waals surface area contributed by atoms with E-state index in [0.29, 0.717) is 29.5 Å². The molecule has 0 radical (unpaired) electrons.